The van der Waals surface area contributed by atoms with Crippen LogP contribution in [0.3, 0.4) is 0 Å². The lowest BCUT2D eigenvalue weighted by Gasteiger charge is -2.14. The number of ether oxygens (including phenoxy) is 1. The molecule has 1 aromatic rings. The van der Waals surface area contributed by atoms with E-state index in [9.17, 15) is 0 Å². The van der Waals surface area contributed by atoms with Gasteiger partial charge in [-0.2, -0.15) is 11.8 Å². The first-order chi connectivity index (χ1) is 8.70. The smallest absolute Gasteiger partial charge is 0.125 e. The Labute approximate surface area is 118 Å². The molecule has 2 rings (SSSR count). The van der Waals surface area contributed by atoms with Gasteiger partial charge in [0.15, 0.2) is 0 Å². The molecule has 4 heteroatoms. The lowest BCUT2D eigenvalue weighted by atomic mass is 10.0. The molecule has 1 aliphatic heterocycles. The molecule has 0 aromatic heterocycles. The maximum absolute atomic E-state index is 6.17. The lowest BCUT2D eigenvalue weighted by molar-refractivity contribution is 0.353. The van der Waals surface area contributed by atoms with Crippen molar-refractivity contribution in [2.24, 2.45) is 5.73 Å². The van der Waals surface area contributed by atoms with E-state index in [1.54, 1.807) is 0 Å². The van der Waals surface area contributed by atoms with Crippen molar-refractivity contribution in [2.45, 2.75) is 32.2 Å². The van der Waals surface area contributed by atoms with Gasteiger partial charge in [0.2, 0.25) is 0 Å². The molecule has 0 bridgehead atoms. The molecule has 100 valence electrons. The highest BCUT2D eigenvalue weighted by Gasteiger charge is 2.19. The van der Waals surface area contributed by atoms with Gasteiger partial charge in [-0.15, -0.1) is 0 Å². The van der Waals surface area contributed by atoms with Crippen LogP contribution in [0.15, 0.2) is 12.1 Å². The summed E-state index contributed by atoms with van der Waals surface area (Å²) in [5.74, 6) is 3.20. The molecule has 1 aromatic carbocycles. The molecule has 2 nitrogen and oxygen atoms in total. The Bertz CT molecular complexity index is 411. The normalized spacial score (nSPS) is 15.3. The largest absolute Gasteiger partial charge is 0.493 e. The Hall–Kier alpha value is -0.380. The second-order valence-electron chi connectivity index (χ2n) is 4.69. The van der Waals surface area contributed by atoms with Crippen molar-refractivity contribution in [1.29, 1.82) is 0 Å². The fourth-order valence-corrected chi connectivity index (χ4v) is 3.36. The molecule has 0 amide bonds. The van der Waals surface area contributed by atoms with Crippen LogP contribution in [-0.2, 0) is 12.8 Å². The highest BCUT2D eigenvalue weighted by molar-refractivity contribution is 7.99. The first-order valence-electron chi connectivity index (χ1n) is 6.48. The maximum atomic E-state index is 6.17. The minimum absolute atomic E-state index is 0.174. The van der Waals surface area contributed by atoms with Crippen molar-refractivity contribution in [3.63, 3.8) is 0 Å². The quantitative estimate of drug-likeness (QED) is 0.815. The van der Waals surface area contributed by atoms with Gasteiger partial charge in [-0.1, -0.05) is 18.5 Å². The topological polar surface area (TPSA) is 35.2 Å². The number of fused-ring (bicyclic) bond motifs is 1. The third-order valence-corrected chi connectivity index (χ3v) is 4.57. The van der Waals surface area contributed by atoms with E-state index < -0.39 is 0 Å². The van der Waals surface area contributed by atoms with Crippen molar-refractivity contribution in [3.8, 4) is 5.75 Å². The Balaban J connectivity index is 2.00. The van der Waals surface area contributed by atoms with E-state index in [1.165, 1.54) is 23.3 Å². The van der Waals surface area contributed by atoms with E-state index in [1.807, 2.05) is 23.9 Å². The van der Waals surface area contributed by atoms with Crippen LogP contribution in [0, 0.1) is 0 Å². The summed E-state index contributed by atoms with van der Waals surface area (Å²) < 4.78 is 5.69. The Morgan fingerprint density at radius 3 is 3.11 bits per heavy atom. The predicted molar refractivity (Wildman–Crippen MR) is 79.9 cm³/mol. The second-order valence-corrected chi connectivity index (χ2v) is 6.28. The molecular formula is C14H20ClNOS. The minimum Gasteiger partial charge on any atom is -0.493 e. The van der Waals surface area contributed by atoms with Gasteiger partial charge in [0.25, 0.3) is 0 Å². The van der Waals surface area contributed by atoms with Crippen LogP contribution in [0.25, 0.3) is 0 Å². The molecule has 0 saturated heterocycles. The average molecular weight is 286 g/mol. The lowest BCUT2D eigenvalue weighted by Crippen LogP contribution is -2.26. The molecule has 0 aliphatic carbocycles. The summed E-state index contributed by atoms with van der Waals surface area (Å²) in [5, 5.41) is 0.794. The number of thioether (sulfide) groups is 1. The van der Waals surface area contributed by atoms with Crippen molar-refractivity contribution >= 4 is 23.4 Å². The van der Waals surface area contributed by atoms with Gasteiger partial charge in [0, 0.05) is 23.2 Å². The minimum atomic E-state index is 0.174. The highest BCUT2D eigenvalue weighted by atomic mass is 35.5. The molecule has 0 spiro atoms. The average Bonchev–Trinajstić information content (AvgIpc) is 2.77. The molecule has 1 unspecified atom stereocenters. The van der Waals surface area contributed by atoms with Gasteiger partial charge in [0.1, 0.15) is 5.75 Å². The van der Waals surface area contributed by atoms with E-state index in [2.05, 4.69) is 6.92 Å². The summed E-state index contributed by atoms with van der Waals surface area (Å²) in [6.45, 7) is 2.96. The van der Waals surface area contributed by atoms with Crippen LogP contribution in [0.2, 0.25) is 5.02 Å². The van der Waals surface area contributed by atoms with Crippen molar-refractivity contribution < 1.29 is 4.74 Å². The molecule has 1 atom stereocenters. The fraction of sp³-hybridized carbons (Fsp3) is 0.571. The number of hydrogen-bond donors (Lipinski definition) is 1. The van der Waals surface area contributed by atoms with Gasteiger partial charge in [0.05, 0.1) is 6.61 Å². The summed E-state index contributed by atoms with van der Waals surface area (Å²) in [7, 11) is 0. The summed E-state index contributed by atoms with van der Waals surface area (Å²) in [6, 6.07) is 4.18. The van der Waals surface area contributed by atoms with Gasteiger partial charge in [-0.25, -0.2) is 0 Å². The molecule has 1 heterocycles. The molecule has 0 fully saturated rings. The molecule has 0 saturated carbocycles. The van der Waals surface area contributed by atoms with Gasteiger partial charge < -0.3 is 10.5 Å². The molecule has 1 aliphatic rings. The fourth-order valence-electron chi connectivity index (χ4n) is 2.22. The molecule has 0 radical (unpaired) electrons. The SMILES string of the molecule is CCCSCC(N)Cc1cc(Cl)cc2c1OCC2. The number of hydrogen-bond acceptors (Lipinski definition) is 3. The zero-order chi connectivity index (χ0) is 13.0. The predicted octanol–water partition coefficient (Wildman–Crippen LogP) is 3.29. The van der Waals surface area contributed by atoms with Crippen molar-refractivity contribution in [1.82, 2.24) is 0 Å². The summed E-state index contributed by atoms with van der Waals surface area (Å²) in [5.41, 5.74) is 8.57. The molecular weight excluding hydrogens is 266 g/mol. The van der Waals surface area contributed by atoms with Crippen molar-refractivity contribution in [2.75, 3.05) is 18.1 Å². The van der Waals surface area contributed by atoms with Crippen LogP contribution in [0.5, 0.6) is 5.75 Å². The van der Waals surface area contributed by atoms with E-state index >= 15 is 0 Å². The van der Waals surface area contributed by atoms with Crippen LogP contribution >= 0.6 is 23.4 Å². The summed E-state index contributed by atoms with van der Waals surface area (Å²) in [4.78, 5) is 0. The van der Waals surface area contributed by atoms with Gasteiger partial charge in [-0.05, 0) is 41.9 Å². The molecule has 18 heavy (non-hydrogen) atoms. The monoisotopic (exact) mass is 285 g/mol. The number of rotatable bonds is 6. The first-order valence-corrected chi connectivity index (χ1v) is 8.01. The number of halogens is 1. The third kappa shape index (κ3) is 3.56. The molecule has 2 N–H and O–H groups in total. The zero-order valence-corrected chi connectivity index (χ0v) is 12.3. The highest BCUT2D eigenvalue weighted by Crippen LogP contribution is 2.33. The van der Waals surface area contributed by atoms with E-state index in [4.69, 9.17) is 22.1 Å². The third-order valence-electron chi connectivity index (χ3n) is 2.99. The van der Waals surface area contributed by atoms with Gasteiger partial charge in [-0.3, -0.25) is 0 Å². The van der Waals surface area contributed by atoms with E-state index in [-0.39, 0.29) is 6.04 Å². The zero-order valence-electron chi connectivity index (χ0n) is 10.7. The number of nitrogens with two attached hydrogens (primary N) is 1. The Kier molecular flexibility index (Phi) is 5.22. The summed E-state index contributed by atoms with van der Waals surface area (Å²) >= 11 is 8.06. The second kappa shape index (κ2) is 6.69. The summed E-state index contributed by atoms with van der Waals surface area (Å²) in [6.07, 6.45) is 3.01. The van der Waals surface area contributed by atoms with Crippen LogP contribution in [0.4, 0.5) is 0 Å². The van der Waals surface area contributed by atoms with Crippen LogP contribution in [-0.4, -0.2) is 24.2 Å². The first kappa shape index (κ1) is 14.0. The van der Waals surface area contributed by atoms with E-state index in [0.717, 1.165) is 36.0 Å². The van der Waals surface area contributed by atoms with Gasteiger partial charge >= 0.3 is 0 Å². The standard InChI is InChI=1S/C14H20ClNOS/c1-2-5-18-9-13(16)8-11-7-12(15)6-10-3-4-17-14(10)11/h6-7,13H,2-5,8-9,16H2,1H3. The van der Waals surface area contributed by atoms with Crippen molar-refractivity contribution in [3.05, 3.63) is 28.3 Å². The Morgan fingerprint density at radius 1 is 1.50 bits per heavy atom. The van der Waals surface area contributed by atoms with Crippen LogP contribution in [0.1, 0.15) is 24.5 Å². The Morgan fingerprint density at radius 2 is 2.33 bits per heavy atom. The van der Waals surface area contributed by atoms with Crippen LogP contribution < -0.4 is 10.5 Å². The van der Waals surface area contributed by atoms with E-state index in [0.29, 0.717) is 0 Å². The number of benzene rings is 1. The maximum Gasteiger partial charge on any atom is 0.125 e.